The Kier molecular flexibility index (Phi) is 9.31. The largest absolute Gasteiger partial charge is 0.507 e. The molecule has 0 unspecified atom stereocenters. The minimum Gasteiger partial charge on any atom is -0.507 e. The lowest BCUT2D eigenvalue weighted by Crippen LogP contribution is -2.45. The van der Waals surface area contributed by atoms with Crippen LogP contribution in [0.2, 0.25) is 5.02 Å². The molecule has 3 aromatic rings. The first kappa shape index (κ1) is 27.7. The van der Waals surface area contributed by atoms with Crippen molar-refractivity contribution in [2.24, 2.45) is 0 Å². The third kappa shape index (κ3) is 6.12. The van der Waals surface area contributed by atoms with Crippen LogP contribution in [0.5, 0.6) is 0 Å². The zero-order valence-electron chi connectivity index (χ0n) is 21.6. The van der Waals surface area contributed by atoms with Crippen LogP contribution in [0.25, 0.3) is 16.3 Å². The highest BCUT2D eigenvalue weighted by atomic mass is 35.5. The van der Waals surface area contributed by atoms with E-state index >= 15 is 0 Å². The van der Waals surface area contributed by atoms with E-state index < -0.39 is 5.83 Å². The summed E-state index contributed by atoms with van der Waals surface area (Å²) in [7, 11) is 0. The standard InChI is InChI=1S/C27H27ClFN5O.C2H6/c1-5-24(35)25(18(4)29)22-15-20-21(16-23(22)28)27(34-13-11-33(12-14-34)17(2)3)32-31-26(20)30-19-9-7-6-8-10-19;1-2/h5-10,15-16,35H,1-2,4,11-14H2,3H3,(H,30,31);1-2H3/b25-24-;. The van der Waals surface area contributed by atoms with E-state index in [9.17, 15) is 9.50 Å². The molecule has 6 nitrogen and oxygen atoms in total. The summed E-state index contributed by atoms with van der Waals surface area (Å²) in [6.07, 6.45) is 1.15. The molecule has 0 atom stereocenters. The van der Waals surface area contributed by atoms with Crippen LogP contribution in [0.3, 0.4) is 0 Å². The first-order valence-corrected chi connectivity index (χ1v) is 12.6. The van der Waals surface area contributed by atoms with E-state index in [0.717, 1.165) is 49.0 Å². The number of anilines is 3. The Morgan fingerprint density at radius 1 is 1.05 bits per heavy atom. The molecule has 2 aromatic carbocycles. The zero-order chi connectivity index (χ0) is 27.1. The Morgan fingerprint density at radius 3 is 2.27 bits per heavy atom. The summed E-state index contributed by atoms with van der Waals surface area (Å²) in [4.78, 5) is 4.38. The monoisotopic (exact) mass is 521 g/mol. The van der Waals surface area contributed by atoms with Gasteiger partial charge >= 0.3 is 0 Å². The number of hydrogen-bond acceptors (Lipinski definition) is 6. The van der Waals surface area contributed by atoms with Gasteiger partial charge < -0.3 is 20.2 Å². The van der Waals surface area contributed by atoms with Gasteiger partial charge in [-0.3, -0.25) is 0 Å². The fraction of sp³-hybridized carbons (Fsp3) is 0.241. The third-order valence-electron chi connectivity index (χ3n) is 5.99. The van der Waals surface area contributed by atoms with Gasteiger partial charge in [0.05, 0.1) is 5.57 Å². The van der Waals surface area contributed by atoms with Crippen molar-refractivity contribution in [2.45, 2.75) is 20.8 Å². The third-order valence-corrected chi connectivity index (χ3v) is 6.31. The molecule has 1 aliphatic heterocycles. The van der Waals surface area contributed by atoms with Crippen LogP contribution in [0, 0.1) is 0 Å². The molecule has 0 amide bonds. The Morgan fingerprint density at radius 2 is 1.70 bits per heavy atom. The molecule has 8 heteroatoms. The summed E-state index contributed by atoms with van der Waals surface area (Å²) < 4.78 is 14.4. The number of aliphatic hydroxyl groups is 1. The highest BCUT2D eigenvalue weighted by Crippen LogP contribution is 2.39. The SMILES string of the molecule is C=C/C(O)=C(\C(=C)F)c1cc2c(Nc3ccccc3)nnc(N3CCN(C(=C)C)CC3)c2cc1Cl.CC. The van der Waals surface area contributed by atoms with Gasteiger partial charge in [0.2, 0.25) is 0 Å². The van der Waals surface area contributed by atoms with Crippen LogP contribution in [0.1, 0.15) is 26.3 Å². The molecule has 0 radical (unpaired) electrons. The van der Waals surface area contributed by atoms with Crippen molar-refractivity contribution in [1.82, 2.24) is 15.1 Å². The van der Waals surface area contributed by atoms with E-state index in [1.165, 1.54) is 0 Å². The molecule has 0 aliphatic carbocycles. The van der Waals surface area contributed by atoms with E-state index in [1.807, 2.05) is 51.1 Å². The van der Waals surface area contributed by atoms with Gasteiger partial charge in [0.15, 0.2) is 11.6 Å². The molecule has 2 heterocycles. The molecule has 1 fully saturated rings. The van der Waals surface area contributed by atoms with Crippen molar-refractivity contribution >= 4 is 45.3 Å². The molecule has 0 bridgehead atoms. The van der Waals surface area contributed by atoms with Crippen molar-refractivity contribution < 1.29 is 9.50 Å². The van der Waals surface area contributed by atoms with Gasteiger partial charge in [0, 0.05) is 58.9 Å². The van der Waals surface area contributed by atoms with E-state index in [4.69, 9.17) is 11.6 Å². The van der Waals surface area contributed by atoms with Crippen LogP contribution >= 0.6 is 11.6 Å². The number of fused-ring (bicyclic) bond motifs is 1. The van der Waals surface area contributed by atoms with E-state index in [-0.39, 0.29) is 21.9 Å². The van der Waals surface area contributed by atoms with E-state index in [2.05, 4.69) is 45.1 Å². The summed E-state index contributed by atoms with van der Waals surface area (Å²) in [5.41, 5.74) is 2.02. The molecule has 37 heavy (non-hydrogen) atoms. The summed E-state index contributed by atoms with van der Waals surface area (Å²) >= 11 is 6.64. The van der Waals surface area contributed by atoms with Gasteiger partial charge in [0.25, 0.3) is 0 Å². The highest BCUT2D eigenvalue weighted by Gasteiger charge is 2.23. The number of benzene rings is 2. The van der Waals surface area contributed by atoms with Crippen LogP contribution in [0.4, 0.5) is 21.7 Å². The molecule has 1 aliphatic rings. The zero-order valence-corrected chi connectivity index (χ0v) is 22.3. The summed E-state index contributed by atoms with van der Waals surface area (Å²) in [6, 6.07) is 13.0. The quantitative estimate of drug-likeness (QED) is 0.246. The van der Waals surface area contributed by atoms with Crippen LogP contribution in [-0.4, -0.2) is 46.4 Å². The molecule has 2 N–H and O–H groups in total. The second-order valence-electron chi connectivity index (χ2n) is 8.32. The van der Waals surface area contributed by atoms with Crippen molar-refractivity contribution in [3.05, 3.63) is 96.1 Å². The Hall–Kier alpha value is -3.84. The minimum absolute atomic E-state index is 0.119. The smallest absolute Gasteiger partial charge is 0.161 e. The maximum atomic E-state index is 14.4. The Labute approximate surface area is 223 Å². The molecular formula is C29H33ClFN5O. The first-order valence-electron chi connectivity index (χ1n) is 12.2. The van der Waals surface area contributed by atoms with Gasteiger partial charge in [0.1, 0.15) is 11.6 Å². The number of nitrogens with one attached hydrogen (secondary N) is 1. The predicted octanol–water partition coefficient (Wildman–Crippen LogP) is 7.65. The number of aromatic nitrogens is 2. The van der Waals surface area contributed by atoms with Crippen LogP contribution in [0.15, 0.2) is 85.6 Å². The lowest BCUT2D eigenvalue weighted by Gasteiger charge is -2.37. The average molecular weight is 522 g/mol. The number of allylic oxidation sites excluding steroid dienone is 4. The molecule has 1 aromatic heterocycles. The second-order valence-corrected chi connectivity index (χ2v) is 8.73. The van der Waals surface area contributed by atoms with Crippen molar-refractivity contribution in [3.63, 3.8) is 0 Å². The maximum Gasteiger partial charge on any atom is 0.161 e. The maximum absolute atomic E-state index is 14.4. The molecular weight excluding hydrogens is 489 g/mol. The van der Waals surface area contributed by atoms with Gasteiger partial charge in [-0.05, 0) is 37.3 Å². The molecule has 0 spiro atoms. The molecule has 4 rings (SSSR count). The number of hydrogen-bond donors (Lipinski definition) is 2. The predicted molar refractivity (Wildman–Crippen MR) is 154 cm³/mol. The summed E-state index contributed by atoms with van der Waals surface area (Å²) in [5, 5.41) is 24.3. The average Bonchev–Trinajstić information content (AvgIpc) is 2.91. The highest BCUT2D eigenvalue weighted by molar-refractivity contribution is 6.33. The number of halogens is 2. The van der Waals surface area contributed by atoms with Crippen molar-refractivity contribution in [2.75, 3.05) is 36.4 Å². The Bertz CT molecular complexity index is 1330. The van der Waals surface area contributed by atoms with Gasteiger partial charge in [-0.2, -0.15) is 0 Å². The lowest BCUT2D eigenvalue weighted by molar-refractivity contribution is 0.322. The van der Waals surface area contributed by atoms with Gasteiger partial charge in [-0.15, -0.1) is 10.2 Å². The Balaban J connectivity index is 0.00000186. The number of nitrogens with zero attached hydrogens (tertiary/aromatic N) is 4. The normalized spacial score (nSPS) is 13.9. The van der Waals surface area contributed by atoms with Gasteiger partial charge in [-0.25, -0.2) is 4.39 Å². The molecule has 1 saturated heterocycles. The lowest BCUT2D eigenvalue weighted by atomic mass is 9.99. The fourth-order valence-electron chi connectivity index (χ4n) is 4.16. The summed E-state index contributed by atoms with van der Waals surface area (Å²) in [6.45, 7) is 20.1. The molecule has 0 saturated carbocycles. The number of aliphatic hydroxyl groups excluding tert-OH is 1. The fourth-order valence-corrected chi connectivity index (χ4v) is 4.42. The topological polar surface area (TPSA) is 64.5 Å². The van der Waals surface area contributed by atoms with E-state index in [1.54, 1.807) is 12.1 Å². The second kappa shape index (κ2) is 12.4. The van der Waals surface area contributed by atoms with Crippen molar-refractivity contribution in [1.29, 1.82) is 0 Å². The number of rotatable bonds is 7. The van der Waals surface area contributed by atoms with Crippen LogP contribution < -0.4 is 10.2 Å². The van der Waals surface area contributed by atoms with Crippen molar-refractivity contribution in [3.8, 4) is 0 Å². The minimum atomic E-state index is -0.820. The van der Waals surface area contributed by atoms with Crippen LogP contribution in [-0.2, 0) is 0 Å². The number of para-hydroxylation sites is 1. The van der Waals surface area contributed by atoms with E-state index in [0.29, 0.717) is 17.0 Å². The van der Waals surface area contributed by atoms with Gasteiger partial charge in [-0.1, -0.05) is 63.4 Å². The molecule has 194 valence electrons. The number of piperazine rings is 1. The summed E-state index contributed by atoms with van der Waals surface area (Å²) in [5.74, 6) is -0.00447. The first-order chi connectivity index (χ1) is 17.8.